The molecule has 1 amide bonds. The number of hydrogen-bond acceptors (Lipinski definition) is 4. The molecule has 1 atom stereocenters. The number of aliphatic imine (C=N–C) groups is 1. The first-order valence-corrected chi connectivity index (χ1v) is 8.95. The number of carbonyl (C=O) groups excluding carboxylic acids is 1. The number of pyridine rings is 1. The van der Waals surface area contributed by atoms with E-state index < -0.39 is 0 Å². The van der Waals surface area contributed by atoms with E-state index in [2.05, 4.69) is 25.5 Å². The number of amides is 1. The van der Waals surface area contributed by atoms with E-state index in [-0.39, 0.29) is 11.3 Å². The van der Waals surface area contributed by atoms with E-state index in [0.717, 1.165) is 38.4 Å². The van der Waals surface area contributed by atoms with Gasteiger partial charge in [0.15, 0.2) is 5.96 Å². The van der Waals surface area contributed by atoms with Crippen molar-refractivity contribution in [3.05, 3.63) is 23.4 Å². The minimum Gasteiger partial charge on any atom is -0.475 e. The SMILES string of the molecule is CN=C(NCCOc1ncccc1Cl)N1CCCC2(CNC(=O)C2)C1. The first-order valence-electron chi connectivity index (χ1n) is 8.57. The van der Waals surface area contributed by atoms with Crippen LogP contribution in [0.3, 0.4) is 0 Å². The van der Waals surface area contributed by atoms with Crippen LogP contribution in [0.2, 0.25) is 5.02 Å². The van der Waals surface area contributed by atoms with Crippen LogP contribution >= 0.6 is 11.6 Å². The number of guanidine groups is 1. The lowest BCUT2D eigenvalue weighted by atomic mass is 9.79. The average Bonchev–Trinajstić information content (AvgIpc) is 2.96. The van der Waals surface area contributed by atoms with Crippen LogP contribution in [0.25, 0.3) is 0 Å². The van der Waals surface area contributed by atoms with Crippen LogP contribution in [-0.4, -0.2) is 61.6 Å². The van der Waals surface area contributed by atoms with E-state index in [0.29, 0.717) is 30.5 Å². The third-order valence-corrected chi connectivity index (χ3v) is 5.01. The van der Waals surface area contributed by atoms with Crippen molar-refractivity contribution < 1.29 is 9.53 Å². The van der Waals surface area contributed by atoms with Gasteiger partial charge in [-0.25, -0.2) is 4.98 Å². The zero-order valence-electron chi connectivity index (χ0n) is 14.4. The average molecular weight is 366 g/mol. The minimum atomic E-state index is 0.0466. The Morgan fingerprint density at radius 1 is 1.60 bits per heavy atom. The lowest BCUT2D eigenvalue weighted by Crippen LogP contribution is -2.51. The van der Waals surface area contributed by atoms with Gasteiger partial charge in [-0.2, -0.15) is 0 Å². The molecule has 1 unspecified atom stereocenters. The van der Waals surface area contributed by atoms with Gasteiger partial charge in [-0.3, -0.25) is 9.79 Å². The van der Waals surface area contributed by atoms with Gasteiger partial charge < -0.3 is 20.3 Å². The Hall–Kier alpha value is -2.02. The highest BCUT2D eigenvalue weighted by atomic mass is 35.5. The van der Waals surface area contributed by atoms with Crippen molar-refractivity contribution in [2.75, 3.05) is 39.8 Å². The number of nitrogens with zero attached hydrogens (tertiary/aromatic N) is 3. The predicted molar refractivity (Wildman–Crippen MR) is 97.0 cm³/mol. The van der Waals surface area contributed by atoms with Gasteiger partial charge in [0.2, 0.25) is 11.8 Å². The summed E-state index contributed by atoms with van der Waals surface area (Å²) in [5.41, 5.74) is 0.0466. The van der Waals surface area contributed by atoms with Crippen LogP contribution in [-0.2, 0) is 4.79 Å². The van der Waals surface area contributed by atoms with Crippen molar-refractivity contribution in [3.63, 3.8) is 0 Å². The van der Waals surface area contributed by atoms with E-state index in [1.165, 1.54) is 0 Å². The highest BCUT2D eigenvalue weighted by Crippen LogP contribution is 2.35. The number of aromatic nitrogens is 1. The molecule has 0 aliphatic carbocycles. The molecule has 1 aromatic rings. The molecule has 8 heteroatoms. The molecule has 2 N–H and O–H groups in total. The third kappa shape index (κ3) is 4.34. The molecule has 2 saturated heterocycles. The van der Waals surface area contributed by atoms with Gasteiger partial charge in [-0.1, -0.05) is 11.6 Å². The van der Waals surface area contributed by atoms with Crippen LogP contribution < -0.4 is 15.4 Å². The van der Waals surface area contributed by atoms with Crippen LogP contribution in [0.5, 0.6) is 5.88 Å². The molecule has 2 aliphatic rings. The second kappa shape index (κ2) is 7.91. The van der Waals surface area contributed by atoms with Gasteiger partial charge in [0.1, 0.15) is 11.6 Å². The molecule has 3 rings (SSSR count). The highest BCUT2D eigenvalue weighted by Gasteiger charge is 2.42. The quantitative estimate of drug-likeness (QED) is 0.477. The molecule has 1 spiro atoms. The van der Waals surface area contributed by atoms with Crippen LogP contribution in [0.4, 0.5) is 0 Å². The predicted octanol–water partition coefficient (Wildman–Crippen LogP) is 1.29. The van der Waals surface area contributed by atoms with E-state index >= 15 is 0 Å². The largest absolute Gasteiger partial charge is 0.475 e. The summed E-state index contributed by atoms with van der Waals surface area (Å²) in [5.74, 6) is 1.44. The van der Waals surface area contributed by atoms with Crippen molar-refractivity contribution in [2.45, 2.75) is 19.3 Å². The van der Waals surface area contributed by atoms with E-state index in [4.69, 9.17) is 16.3 Å². The van der Waals surface area contributed by atoms with Gasteiger partial charge in [0.05, 0.1) is 6.54 Å². The second-order valence-electron chi connectivity index (χ2n) is 6.59. The summed E-state index contributed by atoms with van der Waals surface area (Å²) < 4.78 is 5.59. The number of halogens is 1. The van der Waals surface area contributed by atoms with Gasteiger partial charge >= 0.3 is 0 Å². The van der Waals surface area contributed by atoms with Crippen molar-refractivity contribution in [1.82, 2.24) is 20.5 Å². The lowest BCUT2D eigenvalue weighted by Gasteiger charge is -2.40. The number of carbonyl (C=O) groups is 1. The minimum absolute atomic E-state index is 0.0466. The number of ether oxygens (including phenoxy) is 1. The number of likely N-dealkylation sites (tertiary alicyclic amines) is 1. The summed E-state index contributed by atoms with van der Waals surface area (Å²) in [6, 6.07) is 3.52. The molecular formula is C17H24ClN5O2. The molecule has 1 aromatic heterocycles. The zero-order valence-corrected chi connectivity index (χ0v) is 15.2. The molecule has 3 heterocycles. The van der Waals surface area contributed by atoms with Gasteiger partial charge in [0, 0.05) is 44.7 Å². The molecule has 7 nitrogen and oxygen atoms in total. The van der Waals surface area contributed by atoms with Crippen molar-refractivity contribution in [2.24, 2.45) is 10.4 Å². The van der Waals surface area contributed by atoms with Crippen molar-refractivity contribution in [3.8, 4) is 5.88 Å². The molecule has 2 fully saturated rings. The molecule has 0 bridgehead atoms. The molecule has 0 saturated carbocycles. The van der Waals surface area contributed by atoms with Crippen LogP contribution in [0.15, 0.2) is 23.3 Å². The Morgan fingerprint density at radius 3 is 3.20 bits per heavy atom. The first kappa shape index (κ1) is 17.8. The van der Waals surface area contributed by atoms with E-state index in [1.807, 2.05) is 0 Å². The normalized spacial score (nSPS) is 23.7. The smallest absolute Gasteiger partial charge is 0.232 e. The van der Waals surface area contributed by atoms with Crippen molar-refractivity contribution in [1.29, 1.82) is 0 Å². The third-order valence-electron chi connectivity index (χ3n) is 4.72. The topological polar surface area (TPSA) is 78.9 Å². The van der Waals surface area contributed by atoms with Gasteiger partial charge in [-0.05, 0) is 25.0 Å². The number of hydrogen-bond donors (Lipinski definition) is 2. The maximum atomic E-state index is 11.6. The molecular weight excluding hydrogens is 342 g/mol. The molecule has 25 heavy (non-hydrogen) atoms. The van der Waals surface area contributed by atoms with Crippen LogP contribution in [0, 0.1) is 5.41 Å². The molecule has 136 valence electrons. The van der Waals surface area contributed by atoms with Gasteiger partial charge in [0.25, 0.3) is 0 Å². The summed E-state index contributed by atoms with van der Waals surface area (Å²) in [5, 5.41) is 6.79. The summed E-state index contributed by atoms with van der Waals surface area (Å²) in [6.07, 6.45) is 4.41. The Kier molecular flexibility index (Phi) is 5.63. The number of rotatable bonds is 4. The Morgan fingerprint density at radius 2 is 2.48 bits per heavy atom. The number of piperidine rings is 1. The first-order chi connectivity index (χ1) is 12.1. The summed E-state index contributed by atoms with van der Waals surface area (Å²) >= 11 is 6.02. The van der Waals surface area contributed by atoms with E-state index in [1.54, 1.807) is 25.4 Å². The van der Waals surface area contributed by atoms with Crippen molar-refractivity contribution >= 4 is 23.5 Å². The Balaban J connectivity index is 1.49. The fraction of sp³-hybridized carbons (Fsp3) is 0.588. The summed E-state index contributed by atoms with van der Waals surface area (Å²) in [6.45, 7) is 3.59. The highest BCUT2D eigenvalue weighted by molar-refractivity contribution is 6.31. The zero-order chi connectivity index (χ0) is 17.7. The monoisotopic (exact) mass is 365 g/mol. The number of nitrogens with one attached hydrogen (secondary N) is 2. The lowest BCUT2D eigenvalue weighted by molar-refractivity contribution is -0.119. The Bertz CT molecular complexity index is 654. The molecule has 2 aliphatic heterocycles. The van der Waals surface area contributed by atoms with Crippen LogP contribution in [0.1, 0.15) is 19.3 Å². The fourth-order valence-corrected chi connectivity index (χ4v) is 3.73. The maximum Gasteiger partial charge on any atom is 0.232 e. The Labute approximate surface area is 152 Å². The fourth-order valence-electron chi connectivity index (χ4n) is 3.55. The molecule has 0 aromatic carbocycles. The molecule has 0 radical (unpaired) electrons. The summed E-state index contributed by atoms with van der Waals surface area (Å²) in [7, 11) is 1.78. The second-order valence-corrected chi connectivity index (χ2v) is 7.00. The maximum absolute atomic E-state index is 11.6. The standard InChI is InChI=1S/C17H24ClN5O2/c1-19-16(21-7-9-25-15-13(18)4-2-6-20-15)23-8-3-5-17(12-23)10-14(24)22-11-17/h2,4,6H,3,5,7-12H2,1H3,(H,19,21)(H,22,24). The summed E-state index contributed by atoms with van der Waals surface area (Å²) in [4.78, 5) is 22.3. The van der Waals surface area contributed by atoms with Gasteiger partial charge in [-0.15, -0.1) is 0 Å². The van der Waals surface area contributed by atoms with E-state index in [9.17, 15) is 4.79 Å².